The number of nitrogens with one attached hydrogen (secondary N) is 1. The van der Waals surface area contributed by atoms with E-state index in [4.69, 9.17) is 0 Å². The Hall–Kier alpha value is -2.61. The van der Waals surface area contributed by atoms with Crippen LogP contribution < -0.4 is 5.32 Å². The highest BCUT2D eigenvalue weighted by Crippen LogP contribution is 2.32. The highest BCUT2D eigenvalue weighted by atomic mass is 32.2. The fraction of sp³-hybridized carbons (Fsp3) is 0.294. The molecule has 1 aliphatic heterocycles. The molecule has 1 aliphatic carbocycles. The summed E-state index contributed by atoms with van der Waals surface area (Å²) in [6, 6.07) is 1.90. The van der Waals surface area contributed by atoms with Crippen LogP contribution in [-0.4, -0.2) is 20.6 Å². The van der Waals surface area contributed by atoms with Crippen LogP contribution in [0.2, 0.25) is 0 Å². The lowest BCUT2D eigenvalue weighted by atomic mass is 9.97. The van der Waals surface area contributed by atoms with Crippen LogP contribution in [0.1, 0.15) is 30.3 Å². The molecule has 1 saturated heterocycles. The first kappa shape index (κ1) is 17.2. The number of hydrogen-bond acceptors (Lipinski definition) is 5. The predicted octanol–water partition coefficient (Wildman–Crippen LogP) is 3.47. The van der Waals surface area contributed by atoms with Gasteiger partial charge in [0.25, 0.3) is 16.8 Å². The molecular formula is C17H17N3O4S. The number of aryl methyl sites for hydroxylation is 1. The molecule has 1 N–H and O–H groups in total. The van der Waals surface area contributed by atoms with E-state index in [2.05, 4.69) is 5.32 Å². The van der Waals surface area contributed by atoms with Crippen molar-refractivity contribution in [2.24, 2.45) is 5.92 Å². The standard InChI is InChI=1S/C17H17N3O4S/c1-9-4-5-13(8-14(9)20(23)24)19-10(2)6-12(11(19)3)7-15-16(21)18-17(22)25-15/h5-9H,4H2,1-3H3,(H,18,21,22)/b15-7-. The number of allylic oxidation sites excluding steroid dienone is 4. The highest BCUT2D eigenvalue weighted by molar-refractivity contribution is 8.18. The monoisotopic (exact) mass is 359 g/mol. The molecule has 1 atom stereocenters. The number of imide groups is 1. The van der Waals surface area contributed by atoms with Crippen LogP contribution in [0.3, 0.4) is 0 Å². The zero-order valence-electron chi connectivity index (χ0n) is 14.0. The van der Waals surface area contributed by atoms with Gasteiger partial charge in [0.1, 0.15) is 0 Å². The van der Waals surface area contributed by atoms with Crippen molar-refractivity contribution in [3.8, 4) is 0 Å². The number of nitro groups is 1. The van der Waals surface area contributed by atoms with E-state index in [1.165, 1.54) is 0 Å². The molecular weight excluding hydrogens is 342 g/mol. The van der Waals surface area contributed by atoms with Gasteiger partial charge in [-0.2, -0.15) is 0 Å². The fourth-order valence-electron chi connectivity index (χ4n) is 3.05. The number of carbonyl (C=O) groups excluding carboxylic acids is 2. The molecule has 1 aromatic rings. The molecule has 130 valence electrons. The first-order valence-electron chi connectivity index (χ1n) is 7.78. The van der Waals surface area contributed by atoms with Gasteiger partial charge in [-0.05, 0) is 49.7 Å². The van der Waals surface area contributed by atoms with Crippen LogP contribution in [0.25, 0.3) is 11.8 Å². The molecule has 0 radical (unpaired) electrons. The number of aromatic nitrogens is 1. The van der Waals surface area contributed by atoms with Gasteiger partial charge in [-0.3, -0.25) is 25.0 Å². The van der Waals surface area contributed by atoms with Crippen LogP contribution in [-0.2, 0) is 4.79 Å². The molecule has 2 aliphatic rings. The van der Waals surface area contributed by atoms with Crippen molar-refractivity contribution >= 4 is 34.7 Å². The van der Waals surface area contributed by atoms with E-state index in [-0.39, 0.29) is 21.8 Å². The van der Waals surface area contributed by atoms with Gasteiger partial charge in [-0.25, -0.2) is 0 Å². The Bertz CT molecular complexity index is 892. The summed E-state index contributed by atoms with van der Waals surface area (Å²) in [5.74, 6) is -0.526. The summed E-state index contributed by atoms with van der Waals surface area (Å²) in [4.78, 5) is 34.3. The minimum Gasteiger partial charge on any atom is -0.318 e. The zero-order valence-corrected chi connectivity index (χ0v) is 14.8. The van der Waals surface area contributed by atoms with E-state index < -0.39 is 5.91 Å². The molecule has 3 rings (SSSR count). The Morgan fingerprint density at radius 3 is 2.72 bits per heavy atom. The Morgan fingerprint density at radius 1 is 1.40 bits per heavy atom. The molecule has 2 amide bonds. The number of thioether (sulfide) groups is 1. The van der Waals surface area contributed by atoms with Crippen molar-refractivity contribution in [3.63, 3.8) is 0 Å². The number of carbonyl (C=O) groups is 2. The topological polar surface area (TPSA) is 94.2 Å². The van der Waals surface area contributed by atoms with Gasteiger partial charge >= 0.3 is 0 Å². The average Bonchev–Trinajstić information content (AvgIpc) is 2.99. The van der Waals surface area contributed by atoms with Crippen LogP contribution in [0.15, 0.2) is 28.8 Å². The Morgan fingerprint density at radius 2 is 2.12 bits per heavy atom. The molecule has 1 unspecified atom stereocenters. The largest absolute Gasteiger partial charge is 0.318 e. The van der Waals surface area contributed by atoms with Crippen molar-refractivity contribution in [2.75, 3.05) is 0 Å². The van der Waals surface area contributed by atoms with E-state index >= 15 is 0 Å². The molecule has 1 fully saturated rings. The molecule has 8 heteroatoms. The number of nitrogens with zero attached hydrogens (tertiary/aromatic N) is 2. The van der Waals surface area contributed by atoms with Gasteiger partial charge in [0, 0.05) is 23.2 Å². The minimum atomic E-state index is -0.402. The number of amides is 2. The lowest BCUT2D eigenvalue weighted by Gasteiger charge is -2.17. The Balaban J connectivity index is 2.02. The van der Waals surface area contributed by atoms with Crippen molar-refractivity contribution in [3.05, 3.63) is 55.9 Å². The van der Waals surface area contributed by atoms with Crippen LogP contribution in [0.4, 0.5) is 4.79 Å². The van der Waals surface area contributed by atoms with E-state index in [0.717, 1.165) is 34.4 Å². The predicted molar refractivity (Wildman–Crippen MR) is 96.1 cm³/mol. The maximum absolute atomic E-state index is 11.7. The lowest BCUT2D eigenvalue weighted by Crippen LogP contribution is -2.17. The van der Waals surface area contributed by atoms with Gasteiger partial charge in [0.05, 0.1) is 15.7 Å². The molecule has 1 aromatic heterocycles. The zero-order chi connectivity index (χ0) is 18.3. The van der Waals surface area contributed by atoms with E-state index in [1.807, 2.05) is 37.5 Å². The molecule has 0 spiro atoms. The van der Waals surface area contributed by atoms with Crippen LogP contribution in [0, 0.1) is 29.9 Å². The quantitative estimate of drug-likeness (QED) is 0.506. The van der Waals surface area contributed by atoms with Crippen LogP contribution in [0.5, 0.6) is 0 Å². The second-order valence-corrected chi connectivity index (χ2v) is 7.12. The highest BCUT2D eigenvalue weighted by Gasteiger charge is 2.27. The number of rotatable bonds is 3. The van der Waals surface area contributed by atoms with E-state index in [0.29, 0.717) is 11.3 Å². The average molecular weight is 359 g/mol. The third kappa shape index (κ3) is 3.17. The molecule has 2 heterocycles. The van der Waals surface area contributed by atoms with E-state index in [1.54, 1.807) is 12.2 Å². The first-order valence-corrected chi connectivity index (χ1v) is 8.60. The third-order valence-corrected chi connectivity index (χ3v) is 5.16. The summed E-state index contributed by atoms with van der Waals surface area (Å²) in [5, 5.41) is 13.1. The maximum atomic E-state index is 11.7. The molecule has 0 aromatic carbocycles. The molecule has 0 saturated carbocycles. The number of hydrogen-bond donors (Lipinski definition) is 1. The first-order chi connectivity index (χ1) is 11.8. The van der Waals surface area contributed by atoms with Crippen molar-refractivity contribution < 1.29 is 14.5 Å². The van der Waals surface area contributed by atoms with Crippen molar-refractivity contribution in [1.29, 1.82) is 0 Å². The summed E-state index contributed by atoms with van der Waals surface area (Å²) in [5.41, 5.74) is 3.52. The van der Waals surface area contributed by atoms with Crippen molar-refractivity contribution in [1.82, 2.24) is 9.88 Å². The Kier molecular flexibility index (Phi) is 4.38. The smallest absolute Gasteiger partial charge is 0.290 e. The molecule has 7 nitrogen and oxygen atoms in total. The second kappa shape index (κ2) is 6.36. The van der Waals surface area contributed by atoms with Gasteiger partial charge in [-0.1, -0.05) is 13.0 Å². The molecule has 25 heavy (non-hydrogen) atoms. The van der Waals surface area contributed by atoms with Gasteiger partial charge in [0.2, 0.25) is 0 Å². The lowest BCUT2D eigenvalue weighted by molar-refractivity contribution is -0.433. The fourth-order valence-corrected chi connectivity index (χ4v) is 3.73. The summed E-state index contributed by atoms with van der Waals surface area (Å²) >= 11 is 0.869. The van der Waals surface area contributed by atoms with E-state index in [9.17, 15) is 19.7 Å². The third-order valence-electron chi connectivity index (χ3n) is 4.35. The summed E-state index contributed by atoms with van der Waals surface area (Å²) in [6.07, 6.45) is 5.86. The van der Waals surface area contributed by atoms with Gasteiger partial charge in [-0.15, -0.1) is 0 Å². The Labute approximate surface area is 148 Å². The van der Waals surface area contributed by atoms with Crippen molar-refractivity contribution in [2.45, 2.75) is 27.2 Å². The van der Waals surface area contributed by atoms with Gasteiger partial charge in [0.15, 0.2) is 0 Å². The van der Waals surface area contributed by atoms with Crippen LogP contribution >= 0.6 is 11.8 Å². The summed E-state index contributed by atoms with van der Waals surface area (Å²) < 4.78 is 1.93. The maximum Gasteiger partial charge on any atom is 0.290 e. The SMILES string of the molecule is Cc1cc(/C=C2\SC(=O)NC2=O)c(C)n1C1=CCC(C)C([N+](=O)[O-])=C1. The summed E-state index contributed by atoms with van der Waals surface area (Å²) in [6.45, 7) is 5.62. The normalized spacial score (nSPS) is 22.0. The summed E-state index contributed by atoms with van der Waals surface area (Å²) in [7, 11) is 0. The minimum absolute atomic E-state index is 0.124. The molecule has 0 bridgehead atoms. The van der Waals surface area contributed by atoms with Gasteiger partial charge < -0.3 is 4.57 Å². The second-order valence-electron chi connectivity index (χ2n) is 6.11.